The van der Waals surface area contributed by atoms with Gasteiger partial charge in [0.1, 0.15) is 5.60 Å². The van der Waals surface area contributed by atoms with Gasteiger partial charge in [0.05, 0.1) is 1.37 Å². The molecule has 0 saturated heterocycles. The molecule has 3 aliphatic rings. The molecule has 1 unspecified atom stereocenters. The maximum absolute atomic E-state index is 13.1. The first-order valence-corrected chi connectivity index (χ1v) is 4.71. The molecule has 0 aliphatic heterocycles. The van der Waals surface area contributed by atoms with Crippen molar-refractivity contribution < 1.29 is 26.4 Å². The molecule has 1 saturated carbocycles. The minimum absolute atomic E-state index is 0.503. The van der Waals surface area contributed by atoms with Gasteiger partial charge in [0, 0.05) is 26.1 Å². The topological polar surface area (TPSA) is 37.3 Å². The van der Waals surface area contributed by atoms with Gasteiger partial charge in [-0.2, -0.15) is 0 Å². The Kier molecular flexibility index (Phi) is 0.549. The number of Topliss-reactive ketones (excluding diaryl/α,β-unsaturated/α-hetero) is 1. The van der Waals surface area contributed by atoms with E-state index in [0.29, 0.717) is 0 Å². The predicted molar refractivity (Wildman–Crippen MR) is 61.8 cm³/mol. The van der Waals surface area contributed by atoms with E-state index >= 15 is 0 Å². The van der Waals surface area contributed by atoms with Crippen LogP contribution < -0.4 is 0 Å². The number of hydrogen-bond donors (Lipinski definition) is 1. The average molecular weight is 240 g/mol. The molecule has 1 spiro atoms. The normalized spacial score (nSPS) is 58.3. The lowest BCUT2D eigenvalue weighted by Crippen LogP contribution is -2.49. The Morgan fingerprint density at radius 2 is 2.44 bits per heavy atom. The summed E-state index contributed by atoms with van der Waals surface area (Å²) in [7, 11) is 0. The number of carbonyl (C=O) groups is 1. The van der Waals surface area contributed by atoms with Gasteiger partial charge in [-0.15, -0.1) is 0 Å². The van der Waals surface area contributed by atoms with E-state index in [-0.39, 0.29) is 0 Å². The van der Waals surface area contributed by atoms with Gasteiger partial charge < -0.3 is 5.11 Å². The fourth-order valence-electron chi connectivity index (χ4n) is 2.14. The van der Waals surface area contributed by atoms with Crippen LogP contribution in [0.2, 0.25) is 0 Å². The van der Waals surface area contributed by atoms with Crippen LogP contribution in [0.15, 0.2) is 34.4 Å². The van der Waals surface area contributed by atoms with Crippen LogP contribution in [-0.2, 0) is 4.79 Å². The molecule has 1 fully saturated rings. The van der Waals surface area contributed by atoms with Crippen LogP contribution in [0.1, 0.15) is 49.8 Å². The summed E-state index contributed by atoms with van der Waals surface area (Å²) in [4.78, 5) is 13.1. The van der Waals surface area contributed by atoms with Crippen molar-refractivity contribution in [3.63, 3.8) is 0 Å². The third-order valence-corrected chi connectivity index (χ3v) is 3.22. The van der Waals surface area contributed by atoms with Crippen molar-refractivity contribution in [1.82, 2.24) is 0 Å². The third kappa shape index (κ3) is 0.897. The first kappa shape index (κ1) is 3.42. The number of carbonyl (C=O) groups excluding carboxylic acids is 1. The largest absolute Gasteiger partial charge is 0.381 e. The lowest BCUT2D eigenvalue weighted by atomic mass is 9.68. The fourth-order valence-corrected chi connectivity index (χ4v) is 2.14. The van der Waals surface area contributed by atoms with Crippen LogP contribution in [0, 0.1) is 5.41 Å². The maximum atomic E-state index is 13.1. The average Bonchev–Trinajstić information content (AvgIpc) is 2.82. The van der Waals surface area contributed by atoms with E-state index < -0.39 is 78.5 Å². The minimum Gasteiger partial charge on any atom is -0.381 e. The van der Waals surface area contributed by atoms with Crippen molar-refractivity contribution in [2.75, 3.05) is 0 Å². The summed E-state index contributed by atoms with van der Waals surface area (Å²) in [6.45, 7) is -9.57. The zero-order chi connectivity index (χ0) is 21.9. The number of hydrogen-bond acceptors (Lipinski definition) is 2. The van der Waals surface area contributed by atoms with Crippen molar-refractivity contribution >= 4 is 5.78 Å². The molecule has 2 nitrogen and oxygen atoms in total. The molecule has 0 amide bonds. The number of allylic oxidation sites excluding steroid dienone is 4. The molecule has 2 heteroatoms. The molecule has 0 heterocycles. The van der Waals surface area contributed by atoms with Gasteiger partial charge in [0.15, 0.2) is 5.78 Å². The number of fused-ring (bicyclic) bond motifs is 1. The quantitative estimate of drug-likeness (QED) is 0.705. The Morgan fingerprint density at radius 1 is 1.62 bits per heavy atom. The van der Waals surface area contributed by atoms with Crippen LogP contribution in [0.5, 0.6) is 0 Å². The van der Waals surface area contributed by atoms with Crippen molar-refractivity contribution in [1.29, 1.82) is 0 Å². The summed E-state index contributed by atoms with van der Waals surface area (Å²) in [6.07, 6.45) is -2.47. The molecular weight excluding hydrogens is 200 g/mol. The van der Waals surface area contributed by atoms with E-state index in [1.807, 2.05) is 0 Å². The zero-order valence-electron chi connectivity index (χ0n) is 20.1. The van der Waals surface area contributed by atoms with Crippen molar-refractivity contribution in [3.8, 4) is 0 Å². The Balaban J connectivity index is 2.52. The summed E-state index contributed by atoms with van der Waals surface area (Å²) in [5.41, 5.74) is -8.84. The minimum atomic E-state index is -3.52. The SMILES string of the molecule is [3H]C1=C2C(=O)[C@@](O)(C([3H])([3H])[3H])C3(CC3([3H])[3H])C(C([3H])([3H])[3H])=C2C=C1C([3H])([3H])[3H]. The first-order chi connectivity index (χ1) is 12.2. The van der Waals surface area contributed by atoms with Gasteiger partial charge in [-0.1, -0.05) is 11.6 Å². The summed E-state index contributed by atoms with van der Waals surface area (Å²) >= 11 is 0. The molecule has 2 atom stereocenters. The highest BCUT2D eigenvalue weighted by Crippen LogP contribution is 2.64. The molecule has 0 radical (unpaired) electrons. The molecule has 0 aromatic rings. The van der Waals surface area contributed by atoms with Gasteiger partial charge in [-0.05, 0) is 50.5 Å². The molecule has 1 N–H and O–H groups in total. The Bertz CT molecular complexity index is 881. The van der Waals surface area contributed by atoms with Crippen LogP contribution in [0.4, 0.5) is 0 Å². The van der Waals surface area contributed by atoms with E-state index in [1.165, 1.54) is 0 Å². The van der Waals surface area contributed by atoms with Crippen molar-refractivity contribution in [2.24, 2.45) is 5.41 Å². The third-order valence-electron chi connectivity index (χ3n) is 3.22. The van der Waals surface area contributed by atoms with E-state index in [0.717, 1.165) is 6.08 Å². The first-order valence-electron chi connectivity index (χ1n) is 10.7. The smallest absolute Gasteiger partial charge is 0.195 e. The van der Waals surface area contributed by atoms with Gasteiger partial charge in [0.2, 0.25) is 0 Å². The molecule has 0 aromatic heterocycles. The summed E-state index contributed by atoms with van der Waals surface area (Å²) in [5, 5.41) is 11.1. The Labute approximate surface area is 112 Å². The highest BCUT2D eigenvalue weighted by Gasteiger charge is 2.64. The Hall–Kier alpha value is -1.15. The van der Waals surface area contributed by atoms with Gasteiger partial charge in [-0.25, -0.2) is 0 Å². The number of aliphatic hydroxyl groups is 1. The second-order valence-corrected chi connectivity index (χ2v) is 4.15. The van der Waals surface area contributed by atoms with E-state index in [1.54, 1.807) is 0 Å². The lowest BCUT2D eigenvalue weighted by Gasteiger charge is -2.38. The van der Waals surface area contributed by atoms with Gasteiger partial charge >= 0.3 is 0 Å². The van der Waals surface area contributed by atoms with Crippen LogP contribution in [0.3, 0.4) is 0 Å². The lowest BCUT2D eigenvalue weighted by molar-refractivity contribution is -0.137. The molecule has 16 heavy (non-hydrogen) atoms. The second-order valence-electron chi connectivity index (χ2n) is 4.15. The van der Waals surface area contributed by atoms with E-state index in [2.05, 4.69) is 0 Å². The number of rotatable bonds is 0. The monoisotopic (exact) mass is 240 g/mol. The van der Waals surface area contributed by atoms with E-state index in [4.69, 9.17) is 16.4 Å². The van der Waals surface area contributed by atoms with Gasteiger partial charge in [0.25, 0.3) is 0 Å². The van der Waals surface area contributed by atoms with Crippen LogP contribution >= 0.6 is 0 Å². The molecule has 0 bridgehead atoms. The second kappa shape index (κ2) is 2.57. The molecule has 84 valence electrons. The summed E-state index contributed by atoms with van der Waals surface area (Å²) < 4.78 is 93.2. The summed E-state index contributed by atoms with van der Waals surface area (Å²) in [6, 6.07) is -0.888. The Morgan fingerprint density at radius 3 is 3.00 bits per heavy atom. The van der Waals surface area contributed by atoms with Crippen molar-refractivity contribution in [2.45, 2.75) is 39.0 Å². The highest BCUT2D eigenvalue weighted by atomic mass is 16.3. The molecule has 3 aliphatic carbocycles. The van der Waals surface area contributed by atoms with Crippen LogP contribution in [-0.4, -0.2) is 16.5 Å². The standard InChI is InChI=1S/C14H16O2/c1-8-6-10-9(2)14(4-5-14)13(3,16)12(15)11(10)7-8/h6-7,16H,4-5H2,1-3H3/t13-/m0/s1/i1T3,2T3,3T3,4T2,7T/t13-,14?. The number of ketones is 1. The zero-order valence-corrected chi connectivity index (χ0v) is 8.14. The van der Waals surface area contributed by atoms with E-state index in [9.17, 15) is 9.90 Å². The van der Waals surface area contributed by atoms with Crippen molar-refractivity contribution in [3.05, 3.63) is 34.4 Å². The van der Waals surface area contributed by atoms with Crippen LogP contribution in [0.25, 0.3) is 0 Å². The molecule has 0 aromatic carbocycles. The molecular formula is C14H16O2. The predicted octanol–water partition coefficient (Wildman–Crippen LogP) is 2.30. The summed E-state index contributed by atoms with van der Waals surface area (Å²) in [5.74, 6) is -1.56. The van der Waals surface area contributed by atoms with Gasteiger partial charge in [-0.3, -0.25) is 4.79 Å². The fraction of sp³-hybridized carbons (Fsp3) is 0.500. The maximum Gasteiger partial charge on any atom is 0.195 e. The highest BCUT2D eigenvalue weighted by molar-refractivity contribution is 6.10. The molecule has 3 rings (SSSR count).